The fourth-order valence-corrected chi connectivity index (χ4v) is 4.55. The number of carbonyl (C=O) groups is 1. The van der Waals surface area contributed by atoms with Gasteiger partial charge < -0.3 is 4.90 Å². The van der Waals surface area contributed by atoms with Gasteiger partial charge >= 0.3 is 0 Å². The van der Waals surface area contributed by atoms with Crippen molar-refractivity contribution in [3.05, 3.63) is 72.7 Å². The summed E-state index contributed by atoms with van der Waals surface area (Å²) in [4.78, 5) is 14.9. The molecule has 1 saturated heterocycles. The van der Waals surface area contributed by atoms with Gasteiger partial charge in [0.15, 0.2) is 0 Å². The van der Waals surface area contributed by atoms with E-state index in [-0.39, 0.29) is 11.9 Å². The zero-order chi connectivity index (χ0) is 20.5. The van der Waals surface area contributed by atoms with Crippen LogP contribution in [0, 0.1) is 5.92 Å². The van der Waals surface area contributed by atoms with Crippen LogP contribution in [0.25, 0.3) is 22.0 Å². The number of aromatic amines is 1. The Hall–Kier alpha value is -3.41. The minimum atomic E-state index is 0.137. The summed E-state index contributed by atoms with van der Waals surface area (Å²) in [7, 11) is 0. The molecule has 2 aromatic heterocycles. The summed E-state index contributed by atoms with van der Waals surface area (Å²) >= 11 is 0. The van der Waals surface area contributed by atoms with E-state index in [2.05, 4.69) is 45.1 Å². The molecule has 0 saturated carbocycles. The SMILES string of the molecule is CC1CC(Cn2ncc3cc(-c4cn[nH]c4)ccc32)CCN1C(=O)c1ccccc1. The van der Waals surface area contributed by atoms with Crippen molar-refractivity contribution >= 4 is 16.8 Å². The topological polar surface area (TPSA) is 66.8 Å². The molecule has 0 aliphatic carbocycles. The predicted molar refractivity (Wildman–Crippen MR) is 117 cm³/mol. The Morgan fingerprint density at radius 3 is 2.77 bits per heavy atom. The van der Waals surface area contributed by atoms with Crippen molar-refractivity contribution in [2.75, 3.05) is 6.54 Å². The highest BCUT2D eigenvalue weighted by Gasteiger charge is 2.29. The molecule has 1 fully saturated rings. The zero-order valence-electron chi connectivity index (χ0n) is 17.0. The summed E-state index contributed by atoms with van der Waals surface area (Å²) < 4.78 is 2.11. The zero-order valence-corrected chi connectivity index (χ0v) is 17.0. The number of hydrogen-bond acceptors (Lipinski definition) is 3. The number of nitrogens with one attached hydrogen (secondary N) is 1. The van der Waals surface area contributed by atoms with Crippen LogP contribution >= 0.6 is 0 Å². The maximum absolute atomic E-state index is 12.8. The van der Waals surface area contributed by atoms with E-state index in [1.54, 1.807) is 0 Å². The van der Waals surface area contributed by atoms with Crippen LogP contribution in [0.3, 0.4) is 0 Å². The van der Waals surface area contributed by atoms with E-state index in [4.69, 9.17) is 0 Å². The lowest BCUT2D eigenvalue weighted by molar-refractivity contribution is 0.0562. The number of nitrogens with zero attached hydrogens (tertiary/aromatic N) is 4. The average Bonchev–Trinajstić information content (AvgIpc) is 3.44. The van der Waals surface area contributed by atoms with E-state index in [1.807, 2.05) is 53.8 Å². The second kappa shape index (κ2) is 7.78. The summed E-state index contributed by atoms with van der Waals surface area (Å²) in [6.45, 7) is 3.83. The maximum atomic E-state index is 12.8. The van der Waals surface area contributed by atoms with E-state index in [9.17, 15) is 4.79 Å². The molecule has 0 bridgehead atoms. The Balaban J connectivity index is 1.28. The monoisotopic (exact) mass is 399 g/mol. The second-order valence-corrected chi connectivity index (χ2v) is 8.19. The van der Waals surface area contributed by atoms with E-state index in [0.717, 1.165) is 53.5 Å². The molecule has 3 heterocycles. The number of rotatable bonds is 4. The van der Waals surface area contributed by atoms with Crippen molar-refractivity contribution < 1.29 is 4.79 Å². The standard InChI is InChI=1S/C24H25N5O/c1-17-11-18(9-10-28(17)24(30)19-5-3-2-4-6-19)16-29-23-8-7-20(12-21(23)15-27-29)22-13-25-26-14-22/h2-8,12-15,17-18H,9-11,16H2,1H3,(H,25,26). The Morgan fingerprint density at radius 2 is 2.00 bits per heavy atom. The molecular formula is C24H25N5O. The molecule has 5 rings (SSSR count). The molecular weight excluding hydrogens is 374 g/mol. The van der Waals surface area contributed by atoms with Crippen LogP contribution in [0.2, 0.25) is 0 Å². The minimum Gasteiger partial charge on any atom is -0.336 e. The summed E-state index contributed by atoms with van der Waals surface area (Å²) in [5.41, 5.74) is 4.14. The Morgan fingerprint density at radius 1 is 1.13 bits per heavy atom. The van der Waals surface area contributed by atoms with Crippen LogP contribution in [0.5, 0.6) is 0 Å². The molecule has 1 aliphatic rings. The fraction of sp³-hybridized carbons (Fsp3) is 0.292. The van der Waals surface area contributed by atoms with Crippen LogP contribution in [-0.2, 0) is 6.54 Å². The van der Waals surface area contributed by atoms with E-state index >= 15 is 0 Å². The summed E-state index contributed by atoms with van der Waals surface area (Å²) in [6, 6.07) is 16.2. The lowest BCUT2D eigenvalue weighted by atomic mass is 9.91. The molecule has 6 nitrogen and oxygen atoms in total. The van der Waals surface area contributed by atoms with E-state index in [1.165, 1.54) is 0 Å². The Bertz CT molecular complexity index is 1150. The third-order valence-corrected chi connectivity index (χ3v) is 6.17. The Kier molecular flexibility index (Phi) is 4.83. The van der Waals surface area contributed by atoms with Gasteiger partial charge in [-0.25, -0.2) is 0 Å². The lowest BCUT2D eigenvalue weighted by Crippen LogP contribution is -2.45. The molecule has 0 spiro atoms. The van der Waals surface area contributed by atoms with Gasteiger partial charge in [-0.05, 0) is 55.5 Å². The maximum Gasteiger partial charge on any atom is 0.254 e. The molecule has 152 valence electrons. The van der Waals surface area contributed by atoms with Crippen LogP contribution in [0.1, 0.15) is 30.1 Å². The molecule has 1 aliphatic heterocycles. The highest BCUT2D eigenvalue weighted by Crippen LogP contribution is 2.28. The molecule has 2 atom stereocenters. The molecule has 30 heavy (non-hydrogen) atoms. The highest BCUT2D eigenvalue weighted by molar-refractivity contribution is 5.94. The van der Waals surface area contributed by atoms with Gasteiger partial charge in [0, 0.05) is 41.8 Å². The number of aromatic nitrogens is 4. The normalized spacial score (nSPS) is 19.3. The van der Waals surface area contributed by atoms with Crippen LogP contribution in [-0.4, -0.2) is 43.4 Å². The van der Waals surface area contributed by atoms with E-state index in [0.29, 0.717) is 5.92 Å². The van der Waals surface area contributed by atoms with Crippen molar-refractivity contribution in [3.63, 3.8) is 0 Å². The molecule has 2 aromatic carbocycles. The van der Waals surface area contributed by atoms with Gasteiger partial charge in [-0.3, -0.25) is 14.6 Å². The van der Waals surface area contributed by atoms with Gasteiger partial charge in [0.2, 0.25) is 0 Å². The third-order valence-electron chi connectivity index (χ3n) is 6.17. The highest BCUT2D eigenvalue weighted by atomic mass is 16.2. The third kappa shape index (κ3) is 3.49. The number of likely N-dealkylation sites (tertiary alicyclic amines) is 1. The van der Waals surface area contributed by atoms with Gasteiger partial charge in [0.05, 0.1) is 17.9 Å². The van der Waals surface area contributed by atoms with Crippen molar-refractivity contribution in [2.24, 2.45) is 5.92 Å². The smallest absolute Gasteiger partial charge is 0.254 e. The average molecular weight is 399 g/mol. The van der Waals surface area contributed by atoms with Crippen molar-refractivity contribution in [3.8, 4) is 11.1 Å². The van der Waals surface area contributed by atoms with Gasteiger partial charge in [-0.15, -0.1) is 0 Å². The summed E-state index contributed by atoms with van der Waals surface area (Å²) in [5, 5.41) is 12.7. The molecule has 0 radical (unpaired) electrons. The Labute approximate surface area is 175 Å². The number of fused-ring (bicyclic) bond motifs is 1. The van der Waals surface area contributed by atoms with Crippen LogP contribution in [0.4, 0.5) is 0 Å². The van der Waals surface area contributed by atoms with Crippen LogP contribution < -0.4 is 0 Å². The second-order valence-electron chi connectivity index (χ2n) is 8.19. The molecule has 1 N–H and O–H groups in total. The first kappa shape index (κ1) is 18.6. The lowest BCUT2D eigenvalue weighted by Gasteiger charge is -2.37. The molecule has 6 heteroatoms. The fourth-order valence-electron chi connectivity index (χ4n) is 4.55. The quantitative estimate of drug-likeness (QED) is 0.554. The number of H-pyrrole nitrogens is 1. The first-order valence-corrected chi connectivity index (χ1v) is 10.5. The summed E-state index contributed by atoms with van der Waals surface area (Å²) in [6.07, 6.45) is 7.66. The van der Waals surface area contributed by atoms with Gasteiger partial charge in [0.1, 0.15) is 0 Å². The van der Waals surface area contributed by atoms with Gasteiger partial charge in [-0.2, -0.15) is 10.2 Å². The molecule has 1 amide bonds. The predicted octanol–water partition coefficient (Wildman–Crippen LogP) is 4.37. The van der Waals surface area contributed by atoms with Gasteiger partial charge in [-0.1, -0.05) is 24.3 Å². The number of hydrogen-bond donors (Lipinski definition) is 1. The first-order chi connectivity index (χ1) is 14.7. The van der Waals surface area contributed by atoms with Crippen molar-refractivity contribution in [1.82, 2.24) is 24.9 Å². The molecule has 4 aromatic rings. The number of amides is 1. The van der Waals surface area contributed by atoms with Crippen molar-refractivity contribution in [1.29, 1.82) is 0 Å². The summed E-state index contributed by atoms with van der Waals surface area (Å²) in [5.74, 6) is 0.648. The minimum absolute atomic E-state index is 0.137. The van der Waals surface area contributed by atoms with Crippen molar-refractivity contribution in [2.45, 2.75) is 32.4 Å². The number of benzene rings is 2. The largest absolute Gasteiger partial charge is 0.336 e. The van der Waals surface area contributed by atoms with E-state index < -0.39 is 0 Å². The van der Waals surface area contributed by atoms with Gasteiger partial charge in [0.25, 0.3) is 5.91 Å². The van der Waals surface area contributed by atoms with Crippen LogP contribution in [0.15, 0.2) is 67.1 Å². The molecule has 2 unspecified atom stereocenters. The number of carbonyl (C=O) groups excluding carboxylic acids is 1. The first-order valence-electron chi connectivity index (χ1n) is 10.5. The number of piperidine rings is 1.